The maximum Gasteiger partial charge on any atom is 0.371 e. The molecule has 2 aromatic heterocycles. The minimum Gasteiger partial charge on any atom is -0.475 e. The van der Waals surface area contributed by atoms with Gasteiger partial charge in [0.2, 0.25) is 11.7 Å². The molecule has 0 spiro atoms. The number of carbonyl (C=O) groups excluding carboxylic acids is 1. The maximum absolute atomic E-state index is 11.8. The Morgan fingerprint density at radius 3 is 2.81 bits per heavy atom. The van der Waals surface area contributed by atoms with E-state index < -0.39 is 5.97 Å². The lowest BCUT2D eigenvalue weighted by Gasteiger charge is -2.03. The zero-order chi connectivity index (χ0) is 14.8. The molecular weight excluding hydrogens is 276 g/mol. The Bertz CT molecular complexity index is 804. The molecule has 0 aliphatic carbocycles. The zero-order valence-corrected chi connectivity index (χ0v) is 10.7. The zero-order valence-electron chi connectivity index (χ0n) is 10.7. The third-order valence-electron chi connectivity index (χ3n) is 2.84. The molecule has 3 aromatic rings. The summed E-state index contributed by atoms with van der Waals surface area (Å²) in [5.74, 6) is -1.52. The number of carboxylic acids is 1. The van der Waals surface area contributed by atoms with Crippen LogP contribution in [0.25, 0.3) is 11.0 Å². The predicted octanol–water partition coefficient (Wildman–Crippen LogP) is 2.30. The molecule has 3 rings (SSSR count). The number of carboxylic acid groups (broad SMARTS) is 1. The molecule has 1 amide bonds. The average molecular weight is 286 g/mol. The van der Waals surface area contributed by atoms with Gasteiger partial charge in [0.1, 0.15) is 11.8 Å². The van der Waals surface area contributed by atoms with Crippen molar-refractivity contribution in [1.82, 2.24) is 5.16 Å². The highest BCUT2D eigenvalue weighted by atomic mass is 16.5. The van der Waals surface area contributed by atoms with Gasteiger partial charge in [-0.3, -0.25) is 4.79 Å². The predicted molar refractivity (Wildman–Crippen MR) is 72.0 cm³/mol. The summed E-state index contributed by atoms with van der Waals surface area (Å²) in [6.07, 6.45) is 1.49. The van der Waals surface area contributed by atoms with Gasteiger partial charge >= 0.3 is 5.97 Å². The molecular formula is C14H10N2O5. The largest absolute Gasteiger partial charge is 0.475 e. The summed E-state index contributed by atoms with van der Waals surface area (Å²) >= 11 is 0. The number of benzene rings is 1. The molecule has 1 aromatic carbocycles. The van der Waals surface area contributed by atoms with Gasteiger partial charge in [-0.05, 0) is 24.3 Å². The summed E-state index contributed by atoms with van der Waals surface area (Å²) < 4.78 is 9.79. The SMILES string of the molecule is O=C(Cc1ccon1)Nc1ccc2oc(C(=O)O)cc2c1. The summed E-state index contributed by atoms with van der Waals surface area (Å²) in [6, 6.07) is 7.90. The highest BCUT2D eigenvalue weighted by Gasteiger charge is 2.12. The molecule has 0 saturated heterocycles. The second kappa shape index (κ2) is 5.12. The number of hydrogen-bond donors (Lipinski definition) is 2. The molecule has 0 bridgehead atoms. The standard InChI is InChI=1S/C14H10N2O5/c17-13(7-10-3-4-20-16-10)15-9-1-2-11-8(5-9)6-12(21-11)14(18)19/h1-6H,7H2,(H,15,17)(H,18,19). The van der Waals surface area contributed by atoms with Crippen molar-refractivity contribution < 1.29 is 23.6 Å². The number of anilines is 1. The van der Waals surface area contributed by atoms with Crippen LogP contribution in [0.5, 0.6) is 0 Å². The van der Waals surface area contributed by atoms with Crippen LogP contribution in [-0.2, 0) is 11.2 Å². The molecule has 0 aliphatic heterocycles. The maximum atomic E-state index is 11.8. The number of fused-ring (bicyclic) bond motifs is 1. The van der Waals surface area contributed by atoms with E-state index >= 15 is 0 Å². The normalized spacial score (nSPS) is 10.7. The number of carbonyl (C=O) groups is 2. The van der Waals surface area contributed by atoms with E-state index in [9.17, 15) is 9.59 Å². The van der Waals surface area contributed by atoms with Gasteiger partial charge in [-0.1, -0.05) is 5.16 Å². The van der Waals surface area contributed by atoms with E-state index in [1.165, 1.54) is 12.3 Å². The summed E-state index contributed by atoms with van der Waals surface area (Å²) in [5.41, 5.74) is 1.53. The van der Waals surface area contributed by atoms with E-state index in [1.54, 1.807) is 24.3 Å². The van der Waals surface area contributed by atoms with Crippen LogP contribution in [-0.4, -0.2) is 22.1 Å². The minimum atomic E-state index is -1.14. The number of aromatic nitrogens is 1. The van der Waals surface area contributed by atoms with Crippen molar-refractivity contribution in [3.63, 3.8) is 0 Å². The van der Waals surface area contributed by atoms with Crippen molar-refractivity contribution in [1.29, 1.82) is 0 Å². The van der Waals surface area contributed by atoms with Crippen LogP contribution in [0.1, 0.15) is 16.2 Å². The molecule has 7 nitrogen and oxygen atoms in total. The van der Waals surface area contributed by atoms with Gasteiger partial charge in [-0.2, -0.15) is 0 Å². The molecule has 0 atom stereocenters. The lowest BCUT2D eigenvalue weighted by atomic mass is 10.2. The number of rotatable bonds is 4. The third kappa shape index (κ3) is 2.76. The fourth-order valence-electron chi connectivity index (χ4n) is 1.92. The van der Waals surface area contributed by atoms with Crippen molar-refractivity contribution in [2.45, 2.75) is 6.42 Å². The van der Waals surface area contributed by atoms with E-state index in [0.717, 1.165) is 0 Å². The molecule has 106 valence electrons. The average Bonchev–Trinajstić information content (AvgIpc) is 3.06. The van der Waals surface area contributed by atoms with Crippen LogP contribution in [0.2, 0.25) is 0 Å². The van der Waals surface area contributed by atoms with Crippen molar-refractivity contribution >= 4 is 28.5 Å². The lowest BCUT2D eigenvalue weighted by molar-refractivity contribution is -0.115. The van der Waals surface area contributed by atoms with E-state index in [1.807, 2.05) is 0 Å². The van der Waals surface area contributed by atoms with E-state index in [4.69, 9.17) is 9.52 Å². The smallest absolute Gasteiger partial charge is 0.371 e. The van der Waals surface area contributed by atoms with Crippen molar-refractivity contribution in [2.24, 2.45) is 0 Å². The fraction of sp³-hybridized carbons (Fsp3) is 0.0714. The van der Waals surface area contributed by atoms with Gasteiger partial charge in [0.05, 0.1) is 12.1 Å². The third-order valence-corrected chi connectivity index (χ3v) is 2.84. The van der Waals surface area contributed by atoms with Crippen LogP contribution in [0.3, 0.4) is 0 Å². The van der Waals surface area contributed by atoms with Crippen LogP contribution in [0.4, 0.5) is 5.69 Å². The van der Waals surface area contributed by atoms with Gasteiger partial charge in [0.15, 0.2) is 0 Å². The van der Waals surface area contributed by atoms with Crippen LogP contribution in [0, 0.1) is 0 Å². The molecule has 2 N–H and O–H groups in total. The summed E-state index contributed by atoms with van der Waals surface area (Å²) in [5, 5.41) is 15.8. The summed E-state index contributed by atoms with van der Waals surface area (Å²) in [4.78, 5) is 22.7. The Balaban J connectivity index is 1.77. The molecule has 0 saturated carbocycles. The Hall–Kier alpha value is -3.09. The van der Waals surface area contributed by atoms with Crippen molar-refractivity contribution in [3.05, 3.63) is 48.0 Å². The number of aromatic carboxylic acids is 1. The van der Waals surface area contributed by atoms with E-state index in [-0.39, 0.29) is 18.1 Å². The topological polar surface area (TPSA) is 106 Å². The number of nitrogens with one attached hydrogen (secondary N) is 1. The summed E-state index contributed by atoms with van der Waals surface area (Å²) in [6.45, 7) is 0. The number of amides is 1. The number of hydrogen-bond acceptors (Lipinski definition) is 5. The van der Waals surface area contributed by atoms with E-state index in [0.29, 0.717) is 22.4 Å². The van der Waals surface area contributed by atoms with Crippen LogP contribution >= 0.6 is 0 Å². The molecule has 0 radical (unpaired) electrons. The monoisotopic (exact) mass is 286 g/mol. The number of furan rings is 1. The lowest BCUT2D eigenvalue weighted by Crippen LogP contribution is -2.14. The minimum absolute atomic E-state index is 0.0975. The second-order valence-electron chi connectivity index (χ2n) is 4.38. The van der Waals surface area contributed by atoms with E-state index in [2.05, 4.69) is 15.0 Å². The van der Waals surface area contributed by atoms with Crippen LogP contribution < -0.4 is 5.32 Å². The Kier molecular flexibility index (Phi) is 3.15. The summed E-state index contributed by atoms with van der Waals surface area (Å²) in [7, 11) is 0. The number of nitrogens with zero attached hydrogens (tertiary/aromatic N) is 1. The molecule has 21 heavy (non-hydrogen) atoms. The Morgan fingerprint density at radius 1 is 1.24 bits per heavy atom. The van der Waals surface area contributed by atoms with Gasteiger partial charge in [-0.25, -0.2) is 4.79 Å². The van der Waals surface area contributed by atoms with Crippen molar-refractivity contribution in [2.75, 3.05) is 5.32 Å². The van der Waals surface area contributed by atoms with Gasteiger partial charge < -0.3 is 19.4 Å². The fourth-order valence-corrected chi connectivity index (χ4v) is 1.92. The first-order chi connectivity index (χ1) is 10.1. The molecule has 0 unspecified atom stereocenters. The Morgan fingerprint density at radius 2 is 2.10 bits per heavy atom. The molecule has 7 heteroatoms. The quantitative estimate of drug-likeness (QED) is 0.762. The van der Waals surface area contributed by atoms with Crippen molar-refractivity contribution in [3.8, 4) is 0 Å². The molecule has 0 aliphatic rings. The first kappa shape index (κ1) is 12.9. The molecule has 2 heterocycles. The second-order valence-corrected chi connectivity index (χ2v) is 4.38. The highest BCUT2D eigenvalue weighted by Crippen LogP contribution is 2.23. The highest BCUT2D eigenvalue weighted by molar-refractivity contribution is 5.96. The van der Waals surface area contributed by atoms with Crippen LogP contribution in [0.15, 0.2) is 45.5 Å². The Labute approximate surface area is 118 Å². The first-order valence-corrected chi connectivity index (χ1v) is 6.08. The van der Waals surface area contributed by atoms with Gasteiger partial charge in [0, 0.05) is 17.1 Å². The molecule has 0 fully saturated rings. The van der Waals surface area contributed by atoms with Gasteiger partial charge in [-0.15, -0.1) is 0 Å². The van der Waals surface area contributed by atoms with Gasteiger partial charge in [0.25, 0.3) is 0 Å². The first-order valence-electron chi connectivity index (χ1n) is 6.08.